The summed E-state index contributed by atoms with van der Waals surface area (Å²) in [4.78, 5) is 7.20. The summed E-state index contributed by atoms with van der Waals surface area (Å²) in [5.41, 5.74) is 6.99. The van der Waals surface area contributed by atoms with Gasteiger partial charge in [-0.1, -0.05) is 19.8 Å². The molecular formula is C14H17F2N3. The third-order valence-electron chi connectivity index (χ3n) is 2.99. The minimum Gasteiger partial charge on any atom is -0.341 e. The van der Waals surface area contributed by atoms with E-state index in [1.54, 1.807) is 6.20 Å². The second kappa shape index (κ2) is 5.93. The summed E-state index contributed by atoms with van der Waals surface area (Å²) < 4.78 is 26.3. The van der Waals surface area contributed by atoms with Gasteiger partial charge >= 0.3 is 0 Å². The Hall–Kier alpha value is -1.75. The molecule has 0 aliphatic heterocycles. The maximum atomic E-state index is 13.1. The van der Waals surface area contributed by atoms with Gasteiger partial charge in [0.1, 0.15) is 17.5 Å². The van der Waals surface area contributed by atoms with Gasteiger partial charge in [-0.05, 0) is 18.6 Å². The number of nitrogens with one attached hydrogen (secondary N) is 1. The summed E-state index contributed by atoms with van der Waals surface area (Å²) in [6.45, 7) is 2.09. The summed E-state index contributed by atoms with van der Waals surface area (Å²) in [6, 6.07) is 3.19. The molecule has 0 saturated carbocycles. The maximum absolute atomic E-state index is 13.1. The first-order valence-electron chi connectivity index (χ1n) is 6.37. The van der Waals surface area contributed by atoms with Crippen molar-refractivity contribution >= 4 is 0 Å². The molecule has 1 heterocycles. The average molecular weight is 265 g/mol. The van der Waals surface area contributed by atoms with Crippen LogP contribution < -0.4 is 5.73 Å². The molecule has 2 aromatic rings. The van der Waals surface area contributed by atoms with Crippen LogP contribution in [-0.2, 0) is 0 Å². The highest BCUT2D eigenvalue weighted by Crippen LogP contribution is 2.22. The fourth-order valence-electron chi connectivity index (χ4n) is 1.94. The molecule has 1 unspecified atom stereocenters. The van der Waals surface area contributed by atoms with Crippen molar-refractivity contribution in [3.05, 3.63) is 41.9 Å². The molecular weight excluding hydrogens is 248 g/mol. The lowest BCUT2D eigenvalue weighted by Gasteiger charge is -2.07. The molecule has 3 nitrogen and oxygen atoms in total. The van der Waals surface area contributed by atoms with Crippen molar-refractivity contribution in [3.8, 4) is 11.3 Å². The van der Waals surface area contributed by atoms with Crippen LogP contribution in [0.25, 0.3) is 11.3 Å². The molecule has 19 heavy (non-hydrogen) atoms. The molecule has 102 valence electrons. The fraction of sp³-hybridized carbons (Fsp3) is 0.357. The molecule has 0 aliphatic rings. The van der Waals surface area contributed by atoms with Crippen LogP contribution in [0.4, 0.5) is 8.78 Å². The van der Waals surface area contributed by atoms with Crippen LogP contribution in [0.5, 0.6) is 0 Å². The number of halogens is 2. The Kier molecular flexibility index (Phi) is 4.27. The Morgan fingerprint density at radius 3 is 2.58 bits per heavy atom. The van der Waals surface area contributed by atoms with Gasteiger partial charge in [-0.2, -0.15) is 0 Å². The monoisotopic (exact) mass is 265 g/mol. The van der Waals surface area contributed by atoms with Crippen LogP contribution in [0.15, 0.2) is 24.4 Å². The summed E-state index contributed by atoms with van der Waals surface area (Å²) >= 11 is 0. The second-order valence-corrected chi connectivity index (χ2v) is 4.59. The summed E-state index contributed by atoms with van der Waals surface area (Å²) in [7, 11) is 0. The van der Waals surface area contributed by atoms with Crippen LogP contribution in [0.3, 0.4) is 0 Å². The Labute approximate surface area is 110 Å². The Bertz CT molecular complexity index is 531. The number of imidazole rings is 1. The zero-order chi connectivity index (χ0) is 13.8. The molecule has 0 bridgehead atoms. The molecule has 2 rings (SSSR count). The van der Waals surface area contributed by atoms with E-state index in [0.29, 0.717) is 17.1 Å². The third kappa shape index (κ3) is 3.38. The number of rotatable bonds is 5. The minimum atomic E-state index is -0.610. The Morgan fingerprint density at radius 1 is 1.26 bits per heavy atom. The van der Waals surface area contributed by atoms with E-state index >= 15 is 0 Å². The summed E-state index contributed by atoms with van der Waals surface area (Å²) in [6.07, 6.45) is 4.47. The fourth-order valence-corrected chi connectivity index (χ4v) is 1.94. The largest absolute Gasteiger partial charge is 0.341 e. The van der Waals surface area contributed by atoms with Gasteiger partial charge in [0.2, 0.25) is 0 Å². The molecule has 1 aromatic carbocycles. The van der Waals surface area contributed by atoms with E-state index < -0.39 is 11.6 Å². The number of H-pyrrole nitrogens is 1. The van der Waals surface area contributed by atoms with Crippen molar-refractivity contribution in [2.75, 3.05) is 0 Å². The van der Waals surface area contributed by atoms with Crippen LogP contribution in [0.1, 0.15) is 38.1 Å². The molecule has 0 spiro atoms. The topological polar surface area (TPSA) is 54.7 Å². The van der Waals surface area contributed by atoms with Crippen molar-refractivity contribution in [2.24, 2.45) is 5.73 Å². The van der Waals surface area contributed by atoms with Gasteiger partial charge in [-0.25, -0.2) is 13.8 Å². The lowest BCUT2D eigenvalue weighted by Crippen LogP contribution is -2.11. The van der Waals surface area contributed by atoms with E-state index in [0.717, 1.165) is 25.3 Å². The first kappa shape index (κ1) is 13.7. The molecule has 0 saturated heterocycles. The van der Waals surface area contributed by atoms with Crippen molar-refractivity contribution in [3.63, 3.8) is 0 Å². The van der Waals surface area contributed by atoms with Gasteiger partial charge in [-0.15, -0.1) is 0 Å². The van der Waals surface area contributed by atoms with E-state index in [-0.39, 0.29) is 6.04 Å². The predicted molar refractivity (Wildman–Crippen MR) is 70.4 cm³/mol. The normalized spacial score (nSPS) is 12.6. The number of aromatic nitrogens is 2. The van der Waals surface area contributed by atoms with Gasteiger partial charge < -0.3 is 10.7 Å². The second-order valence-electron chi connectivity index (χ2n) is 4.59. The van der Waals surface area contributed by atoms with Crippen molar-refractivity contribution in [2.45, 2.75) is 32.2 Å². The van der Waals surface area contributed by atoms with Gasteiger partial charge in [-0.3, -0.25) is 0 Å². The number of hydrogen-bond donors (Lipinski definition) is 2. The lowest BCUT2D eigenvalue weighted by atomic mass is 10.1. The van der Waals surface area contributed by atoms with Gasteiger partial charge in [0.15, 0.2) is 0 Å². The molecule has 0 fully saturated rings. The number of benzene rings is 1. The Balaban J connectivity index is 2.20. The molecule has 3 N–H and O–H groups in total. The highest BCUT2D eigenvalue weighted by Gasteiger charge is 2.11. The van der Waals surface area contributed by atoms with Gasteiger partial charge in [0, 0.05) is 11.6 Å². The van der Waals surface area contributed by atoms with Crippen LogP contribution >= 0.6 is 0 Å². The van der Waals surface area contributed by atoms with E-state index in [1.165, 1.54) is 12.1 Å². The van der Waals surface area contributed by atoms with Gasteiger partial charge in [0.25, 0.3) is 0 Å². The number of aromatic amines is 1. The first-order valence-corrected chi connectivity index (χ1v) is 6.37. The third-order valence-corrected chi connectivity index (χ3v) is 2.99. The zero-order valence-electron chi connectivity index (χ0n) is 10.8. The zero-order valence-corrected chi connectivity index (χ0v) is 10.8. The van der Waals surface area contributed by atoms with Crippen molar-refractivity contribution < 1.29 is 8.78 Å². The SMILES string of the molecule is CCCCC(N)c1ncc(-c2cc(F)cc(F)c2)[nH]1. The maximum Gasteiger partial charge on any atom is 0.126 e. The predicted octanol–water partition coefficient (Wildman–Crippen LogP) is 3.54. The summed E-state index contributed by atoms with van der Waals surface area (Å²) in [5.74, 6) is -0.573. The van der Waals surface area contributed by atoms with Crippen LogP contribution in [0, 0.1) is 11.6 Å². The average Bonchev–Trinajstić information content (AvgIpc) is 2.84. The highest BCUT2D eigenvalue weighted by atomic mass is 19.1. The van der Waals surface area contributed by atoms with E-state index in [4.69, 9.17) is 5.73 Å². The van der Waals surface area contributed by atoms with E-state index in [9.17, 15) is 8.78 Å². The van der Waals surface area contributed by atoms with Crippen LogP contribution in [0.2, 0.25) is 0 Å². The van der Waals surface area contributed by atoms with Gasteiger partial charge in [0.05, 0.1) is 17.9 Å². The van der Waals surface area contributed by atoms with Crippen LogP contribution in [-0.4, -0.2) is 9.97 Å². The standard InChI is InChI=1S/C14H17F2N3/c1-2-3-4-12(17)14-18-8-13(19-14)9-5-10(15)7-11(16)6-9/h5-8,12H,2-4,17H2,1H3,(H,18,19). The minimum absolute atomic E-state index is 0.174. The lowest BCUT2D eigenvalue weighted by molar-refractivity contribution is 0.579. The Morgan fingerprint density at radius 2 is 1.95 bits per heavy atom. The smallest absolute Gasteiger partial charge is 0.126 e. The molecule has 0 radical (unpaired) electrons. The number of nitrogens with zero attached hydrogens (tertiary/aromatic N) is 1. The van der Waals surface area contributed by atoms with E-state index in [2.05, 4.69) is 16.9 Å². The molecule has 1 aromatic heterocycles. The molecule has 1 atom stereocenters. The molecule has 5 heteroatoms. The quantitative estimate of drug-likeness (QED) is 0.868. The van der Waals surface area contributed by atoms with E-state index in [1.807, 2.05) is 0 Å². The molecule has 0 amide bonds. The number of unbranched alkanes of at least 4 members (excludes halogenated alkanes) is 1. The summed E-state index contributed by atoms with van der Waals surface area (Å²) in [5, 5.41) is 0. The molecule has 0 aliphatic carbocycles. The van der Waals surface area contributed by atoms with Crippen molar-refractivity contribution in [1.82, 2.24) is 9.97 Å². The first-order chi connectivity index (χ1) is 9.10. The highest BCUT2D eigenvalue weighted by molar-refractivity contribution is 5.58. The van der Waals surface area contributed by atoms with Crippen molar-refractivity contribution in [1.29, 1.82) is 0 Å². The number of hydrogen-bond acceptors (Lipinski definition) is 2. The number of nitrogens with two attached hydrogens (primary N) is 1.